The minimum atomic E-state index is -3.31. The molecule has 2 aromatic carbocycles. The van der Waals surface area contributed by atoms with Crippen molar-refractivity contribution < 1.29 is 17.2 Å². The third kappa shape index (κ3) is 3.44. The summed E-state index contributed by atoms with van der Waals surface area (Å²) in [7, 11) is -3.31. The Kier molecular flexibility index (Phi) is 4.36. The van der Waals surface area contributed by atoms with Crippen molar-refractivity contribution in [2.75, 3.05) is 6.26 Å². The van der Waals surface area contributed by atoms with E-state index in [2.05, 4.69) is 5.43 Å². The molecule has 0 aliphatic heterocycles. The van der Waals surface area contributed by atoms with Crippen molar-refractivity contribution >= 4 is 9.84 Å². The molecule has 0 saturated heterocycles. The predicted octanol–water partition coefficient (Wildman–Crippen LogP) is 1.92. The maximum absolute atomic E-state index is 13.8. The zero-order chi connectivity index (χ0) is 15.6. The van der Waals surface area contributed by atoms with Gasteiger partial charge in [-0.25, -0.2) is 22.6 Å². The van der Waals surface area contributed by atoms with Gasteiger partial charge in [-0.3, -0.25) is 5.84 Å². The maximum atomic E-state index is 13.8. The zero-order valence-corrected chi connectivity index (χ0v) is 12.0. The normalized spacial score (nSPS) is 13.1. The number of rotatable bonds is 4. The van der Waals surface area contributed by atoms with E-state index in [9.17, 15) is 17.2 Å². The first-order chi connectivity index (χ1) is 9.82. The lowest BCUT2D eigenvalue weighted by atomic mass is 9.99. The van der Waals surface area contributed by atoms with Gasteiger partial charge in [0.05, 0.1) is 10.9 Å². The number of hydrogen-bond acceptors (Lipinski definition) is 4. The van der Waals surface area contributed by atoms with E-state index in [0.29, 0.717) is 5.56 Å². The topological polar surface area (TPSA) is 72.2 Å². The number of halogens is 2. The highest BCUT2D eigenvalue weighted by Gasteiger charge is 2.18. The molecule has 0 bridgehead atoms. The number of benzene rings is 2. The summed E-state index contributed by atoms with van der Waals surface area (Å²) in [5, 5.41) is 0. The van der Waals surface area contributed by atoms with Gasteiger partial charge in [-0.15, -0.1) is 0 Å². The number of hydrazine groups is 1. The van der Waals surface area contributed by atoms with Crippen LogP contribution in [0.2, 0.25) is 0 Å². The number of nitrogens with two attached hydrogens (primary N) is 1. The zero-order valence-electron chi connectivity index (χ0n) is 11.2. The number of sulfone groups is 1. The highest BCUT2D eigenvalue weighted by molar-refractivity contribution is 7.90. The largest absolute Gasteiger partial charge is 0.271 e. The van der Waals surface area contributed by atoms with E-state index >= 15 is 0 Å². The molecule has 112 valence electrons. The first-order valence-corrected chi connectivity index (χ1v) is 7.93. The molecule has 0 aliphatic carbocycles. The lowest BCUT2D eigenvalue weighted by Gasteiger charge is -2.18. The molecule has 1 unspecified atom stereocenters. The Balaban J connectivity index is 2.42. The molecule has 21 heavy (non-hydrogen) atoms. The first-order valence-electron chi connectivity index (χ1n) is 6.04. The molecule has 0 radical (unpaired) electrons. The molecule has 0 spiro atoms. The highest BCUT2D eigenvalue weighted by Crippen LogP contribution is 2.25. The molecule has 4 nitrogen and oxygen atoms in total. The smallest absolute Gasteiger partial charge is 0.175 e. The van der Waals surface area contributed by atoms with Gasteiger partial charge in [0.2, 0.25) is 0 Å². The molecule has 3 N–H and O–H groups in total. The van der Waals surface area contributed by atoms with Gasteiger partial charge in [-0.1, -0.05) is 18.2 Å². The minimum Gasteiger partial charge on any atom is -0.271 e. The van der Waals surface area contributed by atoms with Crippen LogP contribution in [0.15, 0.2) is 47.4 Å². The highest BCUT2D eigenvalue weighted by atomic mass is 32.2. The minimum absolute atomic E-state index is 0.154. The third-order valence-electron chi connectivity index (χ3n) is 3.08. The van der Waals surface area contributed by atoms with E-state index in [1.165, 1.54) is 30.3 Å². The molecule has 0 saturated carbocycles. The van der Waals surface area contributed by atoms with Crippen LogP contribution < -0.4 is 11.3 Å². The molecular weight excluding hydrogens is 298 g/mol. The van der Waals surface area contributed by atoms with Gasteiger partial charge in [-0.2, -0.15) is 0 Å². The monoisotopic (exact) mass is 312 g/mol. The lowest BCUT2D eigenvalue weighted by Crippen LogP contribution is -2.29. The Morgan fingerprint density at radius 3 is 2.19 bits per heavy atom. The first kappa shape index (κ1) is 15.6. The number of hydrogen-bond donors (Lipinski definition) is 2. The van der Waals surface area contributed by atoms with Crippen molar-refractivity contribution in [3.8, 4) is 0 Å². The Labute approximate surface area is 121 Å². The Hall–Kier alpha value is -1.83. The maximum Gasteiger partial charge on any atom is 0.175 e. The molecule has 1 atom stereocenters. The van der Waals surface area contributed by atoms with E-state index in [1.54, 1.807) is 0 Å². The molecular formula is C14H14F2N2O2S. The molecule has 7 heteroatoms. The second-order valence-electron chi connectivity index (χ2n) is 4.61. The van der Waals surface area contributed by atoms with Crippen LogP contribution in [0.1, 0.15) is 17.2 Å². The summed E-state index contributed by atoms with van der Waals surface area (Å²) in [6, 6.07) is 8.37. The van der Waals surface area contributed by atoms with Crippen molar-refractivity contribution in [2.45, 2.75) is 10.9 Å². The lowest BCUT2D eigenvalue weighted by molar-refractivity contribution is 0.541. The van der Waals surface area contributed by atoms with Gasteiger partial charge in [0.15, 0.2) is 9.84 Å². The summed E-state index contributed by atoms with van der Waals surface area (Å²) < 4.78 is 49.6. The molecule has 0 heterocycles. The van der Waals surface area contributed by atoms with Crippen molar-refractivity contribution in [3.05, 3.63) is 65.2 Å². The van der Waals surface area contributed by atoms with E-state index in [1.807, 2.05) is 0 Å². The predicted molar refractivity (Wildman–Crippen MR) is 75.1 cm³/mol. The summed E-state index contributed by atoms with van der Waals surface area (Å²) in [4.78, 5) is 0.154. The van der Waals surface area contributed by atoms with E-state index in [4.69, 9.17) is 5.84 Å². The summed E-state index contributed by atoms with van der Waals surface area (Å²) in [6.07, 6.45) is 1.10. The van der Waals surface area contributed by atoms with Gasteiger partial charge in [-0.05, 0) is 23.8 Å². The Morgan fingerprint density at radius 2 is 1.71 bits per heavy atom. The van der Waals surface area contributed by atoms with Crippen LogP contribution in [0, 0.1) is 11.6 Å². The number of nitrogens with one attached hydrogen (secondary N) is 1. The standard InChI is InChI=1S/C14H14F2N2O2S/c1-21(19,20)11-5-2-9(3-6-11)14(18-17)12-7-4-10(15)8-13(12)16/h2-8,14,18H,17H2,1H3. The van der Waals surface area contributed by atoms with Crippen LogP contribution in [0.3, 0.4) is 0 Å². The Bertz CT molecular complexity index is 746. The van der Waals surface area contributed by atoms with Crippen LogP contribution >= 0.6 is 0 Å². The van der Waals surface area contributed by atoms with Crippen LogP contribution in [-0.2, 0) is 9.84 Å². The molecule has 2 aromatic rings. The van der Waals surface area contributed by atoms with Gasteiger partial charge in [0.1, 0.15) is 11.6 Å². The van der Waals surface area contributed by atoms with Crippen LogP contribution in [0.5, 0.6) is 0 Å². The summed E-state index contributed by atoms with van der Waals surface area (Å²) in [5.41, 5.74) is 3.18. The summed E-state index contributed by atoms with van der Waals surface area (Å²) in [5.74, 6) is 4.03. The summed E-state index contributed by atoms with van der Waals surface area (Å²) >= 11 is 0. The summed E-state index contributed by atoms with van der Waals surface area (Å²) in [6.45, 7) is 0. The van der Waals surface area contributed by atoms with Gasteiger partial charge in [0.25, 0.3) is 0 Å². The molecule has 2 rings (SSSR count). The van der Waals surface area contributed by atoms with E-state index < -0.39 is 27.5 Å². The van der Waals surface area contributed by atoms with E-state index in [-0.39, 0.29) is 10.5 Å². The fourth-order valence-electron chi connectivity index (χ4n) is 2.01. The van der Waals surface area contributed by atoms with Crippen molar-refractivity contribution in [1.29, 1.82) is 0 Å². The fraction of sp³-hybridized carbons (Fsp3) is 0.143. The van der Waals surface area contributed by atoms with Crippen LogP contribution in [-0.4, -0.2) is 14.7 Å². The second-order valence-corrected chi connectivity index (χ2v) is 6.62. The van der Waals surface area contributed by atoms with Gasteiger partial charge < -0.3 is 0 Å². The van der Waals surface area contributed by atoms with Crippen molar-refractivity contribution in [3.63, 3.8) is 0 Å². The van der Waals surface area contributed by atoms with Crippen molar-refractivity contribution in [1.82, 2.24) is 5.43 Å². The molecule has 0 aromatic heterocycles. The fourth-order valence-corrected chi connectivity index (χ4v) is 2.64. The average Bonchev–Trinajstić information content (AvgIpc) is 2.41. The molecule has 0 fully saturated rings. The molecule has 0 amide bonds. The van der Waals surface area contributed by atoms with E-state index in [0.717, 1.165) is 18.4 Å². The van der Waals surface area contributed by atoms with Crippen molar-refractivity contribution in [2.24, 2.45) is 5.84 Å². The van der Waals surface area contributed by atoms with Gasteiger partial charge in [0, 0.05) is 17.9 Å². The quantitative estimate of drug-likeness (QED) is 0.668. The SMILES string of the molecule is CS(=O)(=O)c1ccc(C(NN)c2ccc(F)cc2F)cc1. The third-order valence-corrected chi connectivity index (χ3v) is 4.21. The average molecular weight is 312 g/mol. The second kappa shape index (κ2) is 5.88. The van der Waals surface area contributed by atoms with Gasteiger partial charge >= 0.3 is 0 Å². The van der Waals surface area contributed by atoms with Crippen LogP contribution in [0.4, 0.5) is 8.78 Å². The Morgan fingerprint density at radius 1 is 1.10 bits per heavy atom. The van der Waals surface area contributed by atoms with Crippen LogP contribution in [0.25, 0.3) is 0 Å². The molecule has 0 aliphatic rings.